The average molecular weight is 410 g/mol. The van der Waals surface area contributed by atoms with Crippen LogP contribution in [0.15, 0.2) is 84.9 Å². The number of nitrogens with zero attached hydrogens (tertiary/aromatic N) is 1. The second kappa shape index (κ2) is 20.8. The maximum atomic E-state index is 10.8. The van der Waals surface area contributed by atoms with Crippen molar-refractivity contribution in [1.29, 1.82) is 0 Å². The fourth-order valence-electron chi connectivity index (χ4n) is 2.30. The van der Waals surface area contributed by atoms with Gasteiger partial charge < -0.3 is 9.64 Å². The topological polar surface area (TPSA) is 29.5 Å². The molecule has 0 unspecified atom stereocenters. The minimum absolute atomic E-state index is 0.680. The first-order chi connectivity index (χ1) is 14.8. The highest BCUT2D eigenvalue weighted by atomic mass is 16.4. The highest BCUT2D eigenvalue weighted by molar-refractivity contribution is 5.80. The molecule has 0 atom stereocenters. The van der Waals surface area contributed by atoms with Crippen LogP contribution >= 0.6 is 0 Å². The van der Waals surface area contributed by atoms with E-state index < -0.39 is 0 Å². The predicted octanol–water partition coefficient (Wildman–Crippen LogP) is 8.31. The molecule has 3 aromatic rings. The lowest BCUT2D eigenvalue weighted by Crippen LogP contribution is -2.09. The smallest absolute Gasteiger partial charge is 0.150 e. The standard InChI is InChI=1S/C19H15NO.C2H6O.3C2H6/c21-15-16-11-13-19(14-12-16)20(17-7-3-1-4-8-17)18-9-5-2-6-10-18;1-3-2;3*1-2/h1-15H;1-2H3;3*1-2H3. The second-order valence-corrected chi connectivity index (χ2v) is 5.12. The SMILES string of the molecule is CC.CC.CC.COC.O=Cc1ccc(N(c2ccccc2)c2ccccc2)cc1. The molecule has 0 radical (unpaired) electrons. The van der Waals surface area contributed by atoms with Gasteiger partial charge in [0.1, 0.15) is 6.29 Å². The summed E-state index contributed by atoms with van der Waals surface area (Å²) in [6, 6.07) is 28.0. The molecule has 3 nitrogen and oxygen atoms in total. The van der Waals surface area contributed by atoms with Crippen LogP contribution < -0.4 is 4.90 Å². The van der Waals surface area contributed by atoms with Gasteiger partial charge in [-0.2, -0.15) is 0 Å². The van der Waals surface area contributed by atoms with Crippen LogP contribution in [0.1, 0.15) is 51.9 Å². The maximum Gasteiger partial charge on any atom is 0.150 e. The van der Waals surface area contributed by atoms with Crippen LogP contribution in [0.2, 0.25) is 0 Å². The van der Waals surface area contributed by atoms with Gasteiger partial charge in [0.25, 0.3) is 0 Å². The van der Waals surface area contributed by atoms with E-state index in [1.54, 1.807) is 14.2 Å². The normalized spacial score (nSPS) is 8.27. The van der Waals surface area contributed by atoms with Crippen molar-refractivity contribution < 1.29 is 9.53 Å². The van der Waals surface area contributed by atoms with Crippen LogP contribution in [0, 0.1) is 0 Å². The first-order valence-corrected chi connectivity index (χ1v) is 10.7. The zero-order valence-corrected chi connectivity index (χ0v) is 19.9. The molecule has 3 aromatic carbocycles. The average Bonchev–Trinajstić information content (AvgIpc) is 2.85. The summed E-state index contributed by atoms with van der Waals surface area (Å²) in [5.74, 6) is 0. The first kappa shape index (κ1) is 29.3. The maximum absolute atomic E-state index is 10.8. The van der Waals surface area contributed by atoms with Crippen LogP contribution in [0.5, 0.6) is 0 Å². The molecule has 0 amide bonds. The molecule has 0 heterocycles. The number of rotatable bonds is 4. The van der Waals surface area contributed by atoms with Crippen molar-refractivity contribution in [2.24, 2.45) is 0 Å². The van der Waals surface area contributed by atoms with Gasteiger partial charge in [-0.25, -0.2) is 0 Å². The molecule has 0 saturated carbocycles. The van der Waals surface area contributed by atoms with E-state index in [4.69, 9.17) is 0 Å². The van der Waals surface area contributed by atoms with Gasteiger partial charge in [-0.3, -0.25) is 4.79 Å². The Balaban J connectivity index is 0. The molecule has 0 aliphatic carbocycles. The predicted molar refractivity (Wildman–Crippen MR) is 133 cm³/mol. The van der Waals surface area contributed by atoms with Crippen molar-refractivity contribution in [3.63, 3.8) is 0 Å². The molecule has 0 aliphatic rings. The zero-order valence-electron chi connectivity index (χ0n) is 19.9. The Morgan fingerprint density at radius 2 is 0.867 bits per heavy atom. The highest BCUT2D eigenvalue weighted by Crippen LogP contribution is 2.33. The molecule has 30 heavy (non-hydrogen) atoms. The summed E-state index contributed by atoms with van der Waals surface area (Å²) in [4.78, 5) is 13.0. The van der Waals surface area contributed by atoms with Crippen molar-refractivity contribution >= 4 is 23.3 Å². The van der Waals surface area contributed by atoms with Crippen LogP contribution in [0.25, 0.3) is 0 Å². The monoisotopic (exact) mass is 409 g/mol. The molecule has 0 aromatic heterocycles. The molecule has 3 rings (SSSR count). The third kappa shape index (κ3) is 10.6. The number of ether oxygens (including phenoxy) is 1. The van der Waals surface area contributed by atoms with Crippen LogP contribution in [0.4, 0.5) is 17.1 Å². The van der Waals surface area contributed by atoms with E-state index in [0.717, 1.165) is 23.3 Å². The number of hydrogen-bond donors (Lipinski definition) is 0. The number of carbonyl (C=O) groups excluding carboxylic acids is 1. The lowest BCUT2D eigenvalue weighted by atomic mass is 10.1. The van der Waals surface area contributed by atoms with Gasteiger partial charge in [-0.15, -0.1) is 0 Å². The Hall–Kier alpha value is -2.91. The summed E-state index contributed by atoms with van der Waals surface area (Å²) in [6.45, 7) is 12.0. The summed E-state index contributed by atoms with van der Waals surface area (Å²) >= 11 is 0. The molecule has 0 aliphatic heterocycles. The van der Waals surface area contributed by atoms with E-state index in [1.807, 2.05) is 102 Å². The molecule has 0 saturated heterocycles. The molecule has 3 heteroatoms. The van der Waals surface area contributed by atoms with E-state index in [1.165, 1.54) is 0 Å². The quantitative estimate of drug-likeness (QED) is 0.406. The fraction of sp³-hybridized carbons (Fsp3) is 0.296. The highest BCUT2D eigenvalue weighted by Gasteiger charge is 2.11. The fourth-order valence-corrected chi connectivity index (χ4v) is 2.30. The Morgan fingerprint density at radius 1 is 0.567 bits per heavy atom. The number of hydrogen-bond acceptors (Lipinski definition) is 3. The third-order valence-electron chi connectivity index (χ3n) is 3.32. The number of anilines is 3. The molecular formula is C27H39NO2. The summed E-state index contributed by atoms with van der Waals surface area (Å²) in [5.41, 5.74) is 3.88. The van der Waals surface area contributed by atoms with Gasteiger partial charge in [0.2, 0.25) is 0 Å². The zero-order chi connectivity index (χ0) is 23.2. The van der Waals surface area contributed by atoms with E-state index >= 15 is 0 Å². The van der Waals surface area contributed by atoms with Gasteiger partial charge >= 0.3 is 0 Å². The minimum atomic E-state index is 0.680. The Kier molecular flexibility index (Phi) is 20.3. The van der Waals surface area contributed by atoms with Crippen molar-refractivity contribution in [3.05, 3.63) is 90.5 Å². The van der Waals surface area contributed by atoms with E-state index in [0.29, 0.717) is 5.56 Å². The third-order valence-corrected chi connectivity index (χ3v) is 3.32. The van der Waals surface area contributed by atoms with Gasteiger partial charge in [-0.05, 0) is 48.5 Å². The van der Waals surface area contributed by atoms with Crippen LogP contribution in [-0.4, -0.2) is 20.5 Å². The van der Waals surface area contributed by atoms with Gasteiger partial charge in [0.15, 0.2) is 0 Å². The minimum Gasteiger partial charge on any atom is -0.388 e. The Bertz CT molecular complexity index is 686. The lowest BCUT2D eigenvalue weighted by molar-refractivity contribution is 0.112. The summed E-state index contributed by atoms with van der Waals surface area (Å²) in [6.07, 6.45) is 0.860. The summed E-state index contributed by atoms with van der Waals surface area (Å²) < 4.78 is 4.25. The van der Waals surface area contributed by atoms with Crippen molar-refractivity contribution in [2.45, 2.75) is 41.5 Å². The summed E-state index contributed by atoms with van der Waals surface area (Å²) in [5, 5.41) is 0. The van der Waals surface area contributed by atoms with E-state index in [9.17, 15) is 4.79 Å². The molecule has 0 bridgehead atoms. The van der Waals surface area contributed by atoms with Crippen molar-refractivity contribution in [2.75, 3.05) is 19.1 Å². The molecule has 0 spiro atoms. The van der Waals surface area contributed by atoms with E-state index in [-0.39, 0.29) is 0 Å². The van der Waals surface area contributed by atoms with Crippen LogP contribution in [0.3, 0.4) is 0 Å². The van der Waals surface area contributed by atoms with Crippen molar-refractivity contribution in [3.8, 4) is 0 Å². The number of carbonyl (C=O) groups is 1. The number of benzene rings is 3. The van der Waals surface area contributed by atoms with E-state index in [2.05, 4.69) is 33.9 Å². The summed E-state index contributed by atoms with van der Waals surface area (Å²) in [7, 11) is 3.25. The lowest BCUT2D eigenvalue weighted by Gasteiger charge is -2.25. The molecular weight excluding hydrogens is 370 g/mol. The van der Waals surface area contributed by atoms with Gasteiger partial charge in [-0.1, -0.05) is 77.9 Å². The molecule has 0 fully saturated rings. The largest absolute Gasteiger partial charge is 0.388 e. The van der Waals surface area contributed by atoms with Crippen LogP contribution in [-0.2, 0) is 4.74 Å². The van der Waals surface area contributed by atoms with Crippen molar-refractivity contribution in [1.82, 2.24) is 0 Å². The number of aldehydes is 1. The Labute approximate surface area is 184 Å². The van der Waals surface area contributed by atoms with Gasteiger partial charge in [0.05, 0.1) is 0 Å². The molecule has 164 valence electrons. The van der Waals surface area contributed by atoms with Gasteiger partial charge in [0, 0.05) is 36.8 Å². The number of methoxy groups -OCH3 is 1. The molecule has 0 N–H and O–H groups in total. The number of para-hydroxylation sites is 2. The first-order valence-electron chi connectivity index (χ1n) is 10.7. The second-order valence-electron chi connectivity index (χ2n) is 5.12. The Morgan fingerprint density at radius 3 is 1.17 bits per heavy atom.